The van der Waals surface area contributed by atoms with Crippen LogP contribution in [0.5, 0.6) is 0 Å². The van der Waals surface area contributed by atoms with E-state index in [1.165, 1.54) is 7.11 Å². The highest BCUT2D eigenvalue weighted by Gasteiger charge is 2.68. The van der Waals surface area contributed by atoms with Crippen LogP contribution in [0.1, 0.15) is 73.1 Å². The van der Waals surface area contributed by atoms with Gasteiger partial charge in [0.15, 0.2) is 10.8 Å². The van der Waals surface area contributed by atoms with Gasteiger partial charge in [-0.25, -0.2) is 15.1 Å². The molecule has 1 heterocycles. The number of ketones is 1. The van der Waals surface area contributed by atoms with Crippen LogP contribution in [0.2, 0.25) is 0 Å². The van der Waals surface area contributed by atoms with Gasteiger partial charge in [0, 0.05) is 26.0 Å². The number of nitrogens with one attached hydrogen (secondary N) is 3. The third kappa shape index (κ3) is 9.84. The molecule has 16 heteroatoms. The second kappa shape index (κ2) is 16.1. The monoisotopic (exact) mass is 638 g/mol. The van der Waals surface area contributed by atoms with Crippen LogP contribution in [0.3, 0.4) is 0 Å². The molecule has 0 radical (unpaired) electrons. The van der Waals surface area contributed by atoms with E-state index in [0.29, 0.717) is 31.3 Å². The van der Waals surface area contributed by atoms with Crippen molar-refractivity contribution in [2.75, 3.05) is 40.0 Å². The van der Waals surface area contributed by atoms with Crippen LogP contribution in [-0.2, 0) is 33.2 Å². The molecular formula is C29H51BN6O9. The third-order valence-corrected chi connectivity index (χ3v) is 9.54. The summed E-state index contributed by atoms with van der Waals surface area (Å²) in [7, 11) is 0.904. The molecule has 0 aromatic carbocycles. The van der Waals surface area contributed by atoms with Gasteiger partial charge >= 0.3 is 7.12 Å². The number of carbonyl (C=O) groups is 3. The zero-order chi connectivity index (χ0) is 33.4. The van der Waals surface area contributed by atoms with Gasteiger partial charge in [-0.15, -0.1) is 0 Å². The first kappa shape index (κ1) is 36.7. The van der Waals surface area contributed by atoms with Gasteiger partial charge in [0.05, 0.1) is 37.4 Å². The van der Waals surface area contributed by atoms with Crippen molar-refractivity contribution < 1.29 is 38.2 Å². The number of carbonyl (C=O) groups excluding carboxylic acids is 3. The van der Waals surface area contributed by atoms with Crippen molar-refractivity contribution in [1.82, 2.24) is 16.1 Å². The first-order chi connectivity index (χ1) is 21.2. The van der Waals surface area contributed by atoms with Gasteiger partial charge in [-0.1, -0.05) is 33.1 Å². The van der Waals surface area contributed by atoms with Gasteiger partial charge in [-0.2, -0.15) is 0 Å². The summed E-state index contributed by atoms with van der Waals surface area (Å²) in [5.74, 6) is -1.44. The Kier molecular flexibility index (Phi) is 13.1. The highest BCUT2D eigenvalue weighted by molar-refractivity contribution is 6.47. The van der Waals surface area contributed by atoms with E-state index < -0.39 is 35.5 Å². The number of nitrogens with two attached hydrogens (primary N) is 1. The number of aliphatic imine (C=N–C) groups is 1. The maximum atomic E-state index is 13.8. The van der Waals surface area contributed by atoms with Gasteiger partial charge in [-0.3, -0.25) is 14.4 Å². The average Bonchev–Trinajstić information content (AvgIpc) is 3.32. The predicted octanol–water partition coefficient (Wildman–Crippen LogP) is 1.02. The minimum atomic E-state index is -0.812. The van der Waals surface area contributed by atoms with Crippen LogP contribution < -0.4 is 21.8 Å². The minimum Gasteiger partial charge on any atom is -0.404 e. The Morgan fingerprint density at radius 1 is 1.20 bits per heavy atom. The molecule has 2 amide bonds. The van der Waals surface area contributed by atoms with Crippen molar-refractivity contribution in [3.8, 4) is 0 Å². The summed E-state index contributed by atoms with van der Waals surface area (Å²) in [5, 5.41) is 15.4. The highest BCUT2D eigenvalue weighted by Crippen LogP contribution is 2.65. The molecule has 1 aliphatic heterocycles. The summed E-state index contributed by atoms with van der Waals surface area (Å²) < 4.78 is 23.2. The summed E-state index contributed by atoms with van der Waals surface area (Å²) in [4.78, 5) is 53.2. The molecule has 0 spiro atoms. The van der Waals surface area contributed by atoms with E-state index in [-0.39, 0.29) is 74.2 Å². The standard InChI is InChI=1S/C29H51BN6O9/c1-18(2)12-24(30-44-23-15-20-14-22(28(20,3)4)29(23,5)45-30)34-26(39)19(8-7-9-32-27(31)35-36(40)41)13-21(37)16-33-25(38)17-43-11-10-42-6/h18-20,22-24H,7-17H2,1-6H3,(H,33,38)(H,34,39)(H3,31,32,35)/t19-,20-,22-,23-,24+,29+/m1/s1. The molecule has 5 N–H and O–H groups in total. The summed E-state index contributed by atoms with van der Waals surface area (Å²) in [6.45, 7) is 11.1. The van der Waals surface area contributed by atoms with E-state index in [1.807, 2.05) is 0 Å². The quantitative estimate of drug-likeness (QED) is 0.0392. The molecule has 45 heavy (non-hydrogen) atoms. The summed E-state index contributed by atoms with van der Waals surface area (Å²) in [6.07, 6.45) is 3.09. The molecule has 1 saturated heterocycles. The molecule has 2 bridgehead atoms. The van der Waals surface area contributed by atoms with Gasteiger partial charge in [0.1, 0.15) is 6.61 Å². The number of methoxy groups -OCH3 is 1. The van der Waals surface area contributed by atoms with Crippen molar-refractivity contribution >= 4 is 30.7 Å². The van der Waals surface area contributed by atoms with Crippen LogP contribution in [-0.4, -0.2) is 93.4 Å². The third-order valence-electron chi connectivity index (χ3n) is 9.54. The first-order valence-electron chi connectivity index (χ1n) is 15.9. The summed E-state index contributed by atoms with van der Waals surface area (Å²) in [5.41, 5.74) is 7.03. The number of ether oxygens (including phenoxy) is 2. The molecule has 6 atom stereocenters. The van der Waals surface area contributed by atoms with Crippen LogP contribution >= 0.6 is 0 Å². The lowest BCUT2D eigenvalue weighted by Gasteiger charge is -2.64. The van der Waals surface area contributed by atoms with Gasteiger partial charge < -0.3 is 35.1 Å². The smallest absolute Gasteiger partial charge is 0.404 e. The fraction of sp³-hybridized carbons (Fsp3) is 0.862. The molecule has 0 unspecified atom stereocenters. The molecule has 4 rings (SSSR count). The number of Topliss-reactive ketones (excluding diaryl/α,β-unsaturated/α-hetero) is 1. The van der Waals surface area contributed by atoms with Gasteiger partial charge in [0.2, 0.25) is 11.8 Å². The van der Waals surface area contributed by atoms with Crippen molar-refractivity contribution in [2.24, 2.45) is 39.8 Å². The largest absolute Gasteiger partial charge is 0.481 e. The molecule has 3 saturated carbocycles. The van der Waals surface area contributed by atoms with Crippen LogP contribution in [0, 0.1) is 39.2 Å². The topological polar surface area (TPSA) is 206 Å². The van der Waals surface area contributed by atoms with E-state index in [1.54, 1.807) is 5.43 Å². The number of hydrogen-bond acceptors (Lipinski definition) is 10. The SMILES string of the molecule is COCCOCC(=O)NCC(=O)C[C@@H](CCCN=C(N)N[N+](=O)[O-])C(=O)N[C@@H](CC(C)C)B1O[C@@H]2C[C@H]3C[C@H](C3(C)C)[C@]2(C)O1. The fourth-order valence-corrected chi connectivity index (χ4v) is 7.01. The lowest BCUT2D eigenvalue weighted by molar-refractivity contribution is -0.525. The number of nitrogens with zero attached hydrogens (tertiary/aromatic N) is 2. The summed E-state index contributed by atoms with van der Waals surface area (Å²) >= 11 is 0. The average molecular weight is 639 g/mol. The Labute approximate surface area is 265 Å². The molecule has 15 nitrogen and oxygen atoms in total. The predicted molar refractivity (Wildman–Crippen MR) is 166 cm³/mol. The maximum Gasteiger partial charge on any atom is 0.481 e. The highest BCUT2D eigenvalue weighted by atomic mass is 16.7. The van der Waals surface area contributed by atoms with Crippen LogP contribution in [0.25, 0.3) is 0 Å². The van der Waals surface area contributed by atoms with Crippen LogP contribution in [0.15, 0.2) is 4.99 Å². The lowest BCUT2D eigenvalue weighted by atomic mass is 9.43. The zero-order valence-corrected chi connectivity index (χ0v) is 27.5. The molecular weight excluding hydrogens is 587 g/mol. The van der Waals surface area contributed by atoms with E-state index >= 15 is 0 Å². The van der Waals surface area contributed by atoms with Crippen molar-refractivity contribution in [3.63, 3.8) is 0 Å². The molecule has 0 aromatic rings. The Bertz CT molecular complexity index is 1090. The Morgan fingerprint density at radius 2 is 1.93 bits per heavy atom. The number of guanidine groups is 1. The van der Waals surface area contributed by atoms with Crippen molar-refractivity contribution in [2.45, 2.75) is 90.8 Å². The van der Waals surface area contributed by atoms with Crippen molar-refractivity contribution in [3.05, 3.63) is 10.1 Å². The van der Waals surface area contributed by atoms with E-state index in [2.05, 4.69) is 50.2 Å². The Hall–Kier alpha value is -2.82. The summed E-state index contributed by atoms with van der Waals surface area (Å²) in [6, 6.07) is 0. The van der Waals surface area contributed by atoms with Gasteiger partial charge in [-0.05, 0) is 62.2 Å². The lowest BCUT2D eigenvalue weighted by Crippen LogP contribution is -2.65. The molecule has 3 aliphatic carbocycles. The van der Waals surface area contributed by atoms with Crippen LogP contribution in [0.4, 0.5) is 0 Å². The number of nitro groups is 1. The first-order valence-corrected chi connectivity index (χ1v) is 15.9. The number of rotatable bonds is 19. The van der Waals surface area contributed by atoms with E-state index in [0.717, 1.165) is 12.8 Å². The zero-order valence-electron chi connectivity index (χ0n) is 27.5. The maximum absolute atomic E-state index is 13.8. The number of hydrogen-bond donors (Lipinski definition) is 4. The molecule has 0 aromatic heterocycles. The number of hydrazine groups is 1. The number of amides is 2. The molecule has 4 aliphatic rings. The second-order valence-corrected chi connectivity index (χ2v) is 13.6. The molecule has 254 valence electrons. The molecule has 4 fully saturated rings. The minimum absolute atomic E-state index is 0.0404. The van der Waals surface area contributed by atoms with Crippen molar-refractivity contribution in [1.29, 1.82) is 0 Å². The fourth-order valence-electron chi connectivity index (χ4n) is 7.01. The van der Waals surface area contributed by atoms with E-state index in [9.17, 15) is 24.5 Å². The Morgan fingerprint density at radius 3 is 2.58 bits per heavy atom. The Balaban J connectivity index is 1.65. The second-order valence-electron chi connectivity index (χ2n) is 13.6. The van der Waals surface area contributed by atoms with E-state index in [4.69, 9.17) is 24.5 Å². The normalized spacial score (nSPS) is 26.4. The van der Waals surface area contributed by atoms with Gasteiger partial charge in [0.25, 0.3) is 5.96 Å².